The highest BCUT2D eigenvalue weighted by molar-refractivity contribution is 5.76. The molecule has 1 amide bonds. The number of aliphatic hydroxyl groups excluding tert-OH is 1. The van der Waals surface area contributed by atoms with Crippen LogP contribution in [0.25, 0.3) is 0 Å². The predicted molar refractivity (Wildman–Crippen MR) is 99.5 cm³/mol. The molecule has 0 aliphatic carbocycles. The lowest BCUT2D eigenvalue weighted by atomic mass is 10.1. The Kier molecular flexibility index (Phi) is 4.41. The van der Waals surface area contributed by atoms with Gasteiger partial charge in [-0.2, -0.15) is 10.2 Å². The minimum Gasteiger partial charge on any atom is -0.384 e. The molecule has 4 rings (SSSR count). The summed E-state index contributed by atoms with van der Waals surface area (Å²) in [6.07, 6.45) is -0.778. The third-order valence-electron chi connectivity index (χ3n) is 4.78. The third kappa shape index (κ3) is 3.43. The Hall–Kier alpha value is -3.13. The third-order valence-corrected chi connectivity index (χ3v) is 4.78. The van der Waals surface area contributed by atoms with E-state index in [1.165, 1.54) is 4.68 Å². The van der Waals surface area contributed by atoms with Gasteiger partial charge in [0.1, 0.15) is 18.5 Å². The van der Waals surface area contributed by atoms with Crippen LogP contribution in [0, 0.1) is 6.92 Å². The molecule has 1 atom stereocenters. The molecule has 0 fully saturated rings. The Morgan fingerprint density at radius 3 is 2.70 bits per heavy atom. The molecular formula is C19H22N6O2. The molecule has 8 nitrogen and oxygen atoms in total. The van der Waals surface area contributed by atoms with E-state index in [-0.39, 0.29) is 12.5 Å². The molecule has 3 N–H and O–H groups in total. The summed E-state index contributed by atoms with van der Waals surface area (Å²) in [6.45, 7) is 3.57. The highest BCUT2D eigenvalue weighted by atomic mass is 16.3. The summed E-state index contributed by atoms with van der Waals surface area (Å²) < 4.78 is 3.38. The summed E-state index contributed by atoms with van der Waals surface area (Å²) in [7, 11) is 0. The summed E-state index contributed by atoms with van der Waals surface area (Å²) in [5.74, 6) is 0.443. The first-order valence-corrected chi connectivity index (χ1v) is 8.88. The molecule has 0 unspecified atom stereocenters. The van der Waals surface area contributed by atoms with Crippen LogP contribution in [0.4, 0.5) is 5.82 Å². The Labute approximate surface area is 156 Å². The number of hydrogen-bond donors (Lipinski definition) is 2. The molecule has 0 spiro atoms. The molecule has 0 radical (unpaired) electrons. The number of nitrogens with two attached hydrogens (primary N) is 1. The van der Waals surface area contributed by atoms with Crippen LogP contribution in [0.5, 0.6) is 0 Å². The number of aliphatic hydroxyl groups is 1. The average molecular weight is 366 g/mol. The molecule has 140 valence electrons. The van der Waals surface area contributed by atoms with Crippen molar-refractivity contribution in [3.05, 3.63) is 65.1 Å². The van der Waals surface area contributed by atoms with Crippen LogP contribution in [-0.4, -0.2) is 42.0 Å². The molecule has 3 heterocycles. The van der Waals surface area contributed by atoms with Crippen molar-refractivity contribution >= 4 is 11.7 Å². The number of carbonyl (C=O) groups is 1. The molecule has 1 aliphatic heterocycles. The van der Waals surface area contributed by atoms with E-state index in [2.05, 4.69) is 10.2 Å². The van der Waals surface area contributed by atoms with Crippen molar-refractivity contribution in [1.82, 2.24) is 24.5 Å². The first kappa shape index (κ1) is 17.3. The largest absolute Gasteiger partial charge is 0.384 e. The minimum absolute atomic E-state index is 0.0394. The average Bonchev–Trinajstić information content (AvgIpc) is 3.23. The topological polar surface area (TPSA) is 102 Å². The van der Waals surface area contributed by atoms with E-state index in [4.69, 9.17) is 5.73 Å². The zero-order valence-corrected chi connectivity index (χ0v) is 15.1. The lowest BCUT2D eigenvalue weighted by Gasteiger charge is -2.27. The van der Waals surface area contributed by atoms with Crippen molar-refractivity contribution in [2.75, 3.05) is 12.3 Å². The van der Waals surface area contributed by atoms with Gasteiger partial charge in [-0.3, -0.25) is 9.48 Å². The summed E-state index contributed by atoms with van der Waals surface area (Å²) in [6, 6.07) is 13.0. The number of aromatic nitrogens is 4. The number of hydrogen-bond acceptors (Lipinski definition) is 5. The molecule has 2 aromatic heterocycles. The number of anilines is 1. The maximum Gasteiger partial charge on any atom is 0.244 e. The van der Waals surface area contributed by atoms with Crippen LogP contribution in [0.15, 0.2) is 42.5 Å². The van der Waals surface area contributed by atoms with E-state index in [9.17, 15) is 9.90 Å². The number of amides is 1. The molecule has 27 heavy (non-hydrogen) atoms. The lowest BCUT2D eigenvalue weighted by Crippen LogP contribution is -2.40. The van der Waals surface area contributed by atoms with Gasteiger partial charge < -0.3 is 15.7 Å². The van der Waals surface area contributed by atoms with Gasteiger partial charge in [-0.1, -0.05) is 30.3 Å². The van der Waals surface area contributed by atoms with E-state index >= 15 is 0 Å². The maximum atomic E-state index is 12.6. The monoisotopic (exact) mass is 366 g/mol. The van der Waals surface area contributed by atoms with Crippen LogP contribution in [0.1, 0.15) is 28.7 Å². The minimum atomic E-state index is -0.778. The van der Waals surface area contributed by atoms with Gasteiger partial charge in [0.25, 0.3) is 0 Å². The Morgan fingerprint density at radius 1 is 1.22 bits per heavy atom. The smallest absolute Gasteiger partial charge is 0.244 e. The number of nitrogens with zero attached hydrogens (tertiary/aromatic N) is 5. The van der Waals surface area contributed by atoms with Crippen LogP contribution >= 0.6 is 0 Å². The van der Waals surface area contributed by atoms with Crippen LogP contribution in [0.3, 0.4) is 0 Å². The van der Waals surface area contributed by atoms with Crippen molar-refractivity contribution in [3.8, 4) is 0 Å². The second kappa shape index (κ2) is 6.88. The van der Waals surface area contributed by atoms with Gasteiger partial charge >= 0.3 is 0 Å². The van der Waals surface area contributed by atoms with Crippen LogP contribution in [0.2, 0.25) is 0 Å². The first-order chi connectivity index (χ1) is 13.0. The fourth-order valence-electron chi connectivity index (χ4n) is 3.36. The Morgan fingerprint density at radius 2 is 2.00 bits per heavy atom. The van der Waals surface area contributed by atoms with Gasteiger partial charge in [-0.05, 0) is 18.6 Å². The zero-order chi connectivity index (χ0) is 19.0. The molecule has 0 saturated carbocycles. The van der Waals surface area contributed by atoms with E-state index in [0.717, 1.165) is 17.0 Å². The summed E-state index contributed by atoms with van der Waals surface area (Å²) in [4.78, 5) is 14.4. The lowest BCUT2D eigenvalue weighted by molar-refractivity contribution is -0.133. The molecule has 3 aromatic rings. The quantitative estimate of drug-likeness (QED) is 0.720. The van der Waals surface area contributed by atoms with E-state index in [1.807, 2.05) is 48.0 Å². The van der Waals surface area contributed by atoms with Crippen molar-refractivity contribution in [2.45, 2.75) is 32.7 Å². The number of carbonyl (C=O) groups excluding carboxylic acids is 1. The van der Waals surface area contributed by atoms with E-state index < -0.39 is 6.10 Å². The van der Waals surface area contributed by atoms with Gasteiger partial charge in [0.2, 0.25) is 5.91 Å². The maximum absolute atomic E-state index is 12.6. The van der Waals surface area contributed by atoms with Crippen molar-refractivity contribution in [3.63, 3.8) is 0 Å². The highest BCUT2D eigenvalue weighted by Gasteiger charge is 2.25. The normalized spacial score (nSPS) is 14.8. The summed E-state index contributed by atoms with van der Waals surface area (Å²) >= 11 is 0. The first-order valence-electron chi connectivity index (χ1n) is 8.88. The molecule has 0 saturated heterocycles. The molecule has 1 aliphatic rings. The van der Waals surface area contributed by atoms with Crippen molar-refractivity contribution in [1.29, 1.82) is 0 Å². The Balaban J connectivity index is 1.48. The zero-order valence-electron chi connectivity index (χ0n) is 15.1. The van der Waals surface area contributed by atoms with Crippen LogP contribution in [-0.2, 0) is 24.4 Å². The number of rotatable bonds is 4. The number of aryl methyl sites for hydroxylation is 1. The van der Waals surface area contributed by atoms with Gasteiger partial charge in [0.05, 0.1) is 30.2 Å². The number of benzene rings is 1. The van der Waals surface area contributed by atoms with Crippen molar-refractivity contribution < 1.29 is 9.90 Å². The molecule has 8 heteroatoms. The van der Waals surface area contributed by atoms with Gasteiger partial charge in [0, 0.05) is 12.6 Å². The second-order valence-electron chi connectivity index (χ2n) is 6.78. The SMILES string of the molecule is Cc1cc(N)n(CC(=O)N2CCn3nc([C@H](O)c4ccccc4)cc3C2)n1. The van der Waals surface area contributed by atoms with Gasteiger partial charge in [0.15, 0.2) is 0 Å². The number of fused-ring (bicyclic) bond motifs is 1. The predicted octanol–water partition coefficient (Wildman–Crippen LogP) is 1.09. The fourth-order valence-corrected chi connectivity index (χ4v) is 3.36. The van der Waals surface area contributed by atoms with E-state index in [1.54, 1.807) is 11.0 Å². The number of nitrogen functional groups attached to an aromatic ring is 1. The fraction of sp³-hybridized carbons (Fsp3) is 0.316. The van der Waals surface area contributed by atoms with E-state index in [0.29, 0.717) is 31.1 Å². The van der Waals surface area contributed by atoms with Crippen molar-refractivity contribution in [2.24, 2.45) is 0 Å². The summed E-state index contributed by atoms with van der Waals surface area (Å²) in [5.41, 5.74) is 8.96. The molecule has 0 bridgehead atoms. The second-order valence-corrected chi connectivity index (χ2v) is 6.78. The highest BCUT2D eigenvalue weighted by Crippen LogP contribution is 2.23. The van der Waals surface area contributed by atoms with Gasteiger partial charge in [-0.15, -0.1) is 0 Å². The Bertz CT molecular complexity index is 962. The van der Waals surface area contributed by atoms with Gasteiger partial charge in [-0.25, -0.2) is 4.68 Å². The molecular weight excluding hydrogens is 344 g/mol. The standard InChI is InChI=1S/C19H22N6O2/c1-13-9-17(20)25(21-13)12-18(26)23-7-8-24-15(11-23)10-16(22-24)19(27)14-5-3-2-4-6-14/h2-6,9-10,19,27H,7-8,11-12,20H2,1H3/t19-/m1/s1. The summed E-state index contributed by atoms with van der Waals surface area (Å²) in [5, 5.41) is 19.3. The van der Waals surface area contributed by atoms with Crippen LogP contribution < -0.4 is 5.73 Å². The molecule has 1 aromatic carbocycles.